The Bertz CT molecular complexity index is 460. The third-order valence-corrected chi connectivity index (χ3v) is 3.46. The summed E-state index contributed by atoms with van der Waals surface area (Å²) in [5, 5.41) is 0. The number of thiocarbonyl (C=S) groups is 1. The van der Waals surface area contributed by atoms with Crippen molar-refractivity contribution < 1.29 is 14.2 Å². The minimum atomic E-state index is -0.176. The molecule has 0 amide bonds. The van der Waals surface area contributed by atoms with Gasteiger partial charge in [0.05, 0.1) is 19.3 Å². The van der Waals surface area contributed by atoms with Gasteiger partial charge in [0.1, 0.15) is 10.7 Å². The molecule has 0 radical (unpaired) electrons. The van der Waals surface area contributed by atoms with Gasteiger partial charge in [0.2, 0.25) is 0 Å². The Hall–Kier alpha value is -1.17. The van der Waals surface area contributed by atoms with E-state index in [-0.39, 0.29) is 5.60 Å². The van der Waals surface area contributed by atoms with Gasteiger partial charge in [-0.25, -0.2) is 0 Å². The first-order valence-electron chi connectivity index (χ1n) is 6.49. The molecule has 5 heteroatoms. The summed E-state index contributed by atoms with van der Waals surface area (Å²) in [7, 11) is 3.34. The molecule has 0 atom stereocenters. The van der Waals surface area contributed by atoms with Crippen molar-refractivity contribution >= 4 is 17.2 Å². The van der Waals surface area contributed by atoms with Crippen LogP contribution in [0.5, 0.6) is 5.75 Å². The third-order valence-electron chi connectivity index (χ3n) is 3.22. The molecule has 0 saturated carbocycles. The summed E-state index contributed by atoms with van der Waals surface area (Å²) in [6.45, 7) is 5.13. The molecular formula is C15H23NO3S. The van der Waals surface area contributed by atoms with Crippen molar-refractivity contribution in [2.24, 2.45) is 5.73 Å². The Morgan fingerprint density at radius 3 is 2.55 bits per heavy atom. The van der Waals surface area contributed by atoms with Gasteiger partial charge in [-0.3, -0.25) is 0 Å². The summed E-state index contributed by atoms with van der Waals surface area (Å²) in [5.41, 5.74) is 7.22. The lowest BCUT2D eigenvalue weighted by atomic mass is 10.1. The zero-order valence-electron chi connectivity index (χ0n) is 12.6. The summed E-state index contributed by atoms with van der Waals surface area (Å²) >= 11 is 4.98. The Morgan fingerprint density at radius 2 is 2.00 bits per heavy atom. The highest BCUT2D eigenvalue weighted by Crippen LogP contribution is 2.21. The number of hydrogen-bond donors (Lipinski definition) is 1. The molecule has 112 valence electrons. The molecule has 0 heterocycles. The fourth-order valence-corrected chi connectivity index (χ4v) is 1.77. The van der Waals surface area contributed by atoms with E-state index in [0.717, 1.165) is 23.3 Å². The van der Waals surface area contributed by atoms with E-state index in [0.29, 0.717) is 18.2 Å². The highest BCUT2D eigenvalue weighted by molar-refractivity contribution is 7.80. The first-order chi connectivity index (χ1) is 9.39. The van der Waals surface area contributed by atoms with Crippen LogP contribution in [0.3, 0.4) is 0 Å². The van der Waals surface area contributed by atoms with E-state index in [4.69, 9.17) is 32.2 Å². The quantitative estimate of drug-likeness (QED) is 0.590. The van der Waals surface area contributed by atoms with E-state index in [1.807, 2.05) is 32.0 Å². The average Bonchev–Trinajstić information content (AvgIpc) is 2.43. The van der Waals surface area contributed by atoms with Crippen molar-refractivity contribution in [1.29, 1.82) is 0 Å². The summed E-state index contributed by atoms with van der Waals surface area (Å²) < 4.78 is 16.3. The standard InChI is InChI=1S/C15H23NO3S/c1-15(2,18-4)7-8-19-10-12-9-11(14(16)20)5-6-13(12)17-3/h5-6,9H,7-8,10H2,1-4H3,(H2,16,20). The van der Waals surface area contributed by atoms with Crippen LogP contribution >= 0.6 is 12.2 Å². The second kappa shape index (κ2) is 7.57. The lowest BCUT2D eigenvalue weighted by Gasteiger charge is -2.22. The monoisotopic (exact) mass is 297 g/mol. The molecule has 1 aromatic carbocycles. The van der Waals surface area contributed by atoms with E-state index in [1.165, 1.54) is 0 Å². The summed E-state index contributed by atoms with van der Waals surface area (Å²) in [5.74, 6) is 0.774. The number of ether oxygens (including phenoxy) is 3. The SMILES string of the molecule is COc1ccc(C(N)=S)cc1COCCC(C)(C)OC. The molecule has 0 fully saturated rings. The van der Waals surface area contributed by atoms with Gasteiger partial charge in [0.25, 0.3) is 0 Å². The Morgan fingerprint density at radius 1 is 1.30 bits per heavy atom. The maximum absolute atomic E-state index is 5.69. The van der Waals surface area contributed by atoms with Crippen LogP contribution in [0.1, 0.15) is 31.4 Å². The maximum atomic E-state index is 5.69. The van der Waals surface area contributed by atoms with Crippen LogP contribution < -0.4 is 10.5 Å². The van der Waals surface area contributed by atoms with Gasteiger partial charge >= 0.3 is 0 Å². The number of benzene rings is 1. The van der Waals surface area contributed by atoms with Crippen LogP contribution in [-0.2, 0) is 16.1 Å². The van der Waals surface area contributed by atoms with Gasteiger partial charge in [-0.1, -0.05) is 12.2 Å². The third kappa shape index (κ3) is 5.07. The van der Waals surface area contributed by atoms with Crippen LogP contribution in [-0.4, -0.2) is 31.4 Å². The molecule has 2 N–H and O–H groups in total. The van der Waals surface area contributed by atoms with Crippen molar-refractivity contribution in [1.82, 2.24) is 0 Å². The summed E-state index contributed by atoms with van der Waals surface area (Å²) in [6, 6.07) is 5.60. The lowest BCUT2D eigenvalue weighted by molar-refractivity contribution is -0.0126. The van der Waals surface area contributed by atoms with E-state index in [9.17, 15) is 0 Å². The second-order valence-corrected chi connectivity index (χ2v) is 5.60. The highest BCUT2D eigenvalue weighted by Gasteiger charge is 2.15. The molecule has 4 nitrogen and oxygen atoms in total. The van der Waals surface area contributed by atoms with Crippen molar-refractivity contribution in [2.75, 3.05) is 20.8 Å². The molecule has 0 spiro atoms. The topological polar surface area (TPSA) is 53.7 Å². The van der Waals surface area contributed by atoms with Crippen molar-refractivity contribution in [3.63, 3.8) is 0 Å². The van der Waals surface area contributed by atoms with Gasteiger partial charge in [0, 0.05) is 24.8 Å². The molecule has 1 aromatic rings. The van der Waals surface area contributed by atoms with Gasteiger partial charge in [-0.15, -0.1) is 0 Å². The number of hydrogen-bond acceptors (Lipinski definition) is 4. The van der Waals surface area contributed by atoms with Crippen molar-refractivity contribution in [2.45, 2.75) is 32.5 Å². The fourth-order valence-electron chi connectivity index (χ4n) is 1.65. The zero-order chi connectivity index (χ0) is 15.2. The van der Waals surface area contributed by atoms with Gasteiger partial charge in [-0.05, 0) is 38.5 Å². The molecule has 0 unspecified atom stereocenters. The predicted octanol–water partition coefficient (Wildman–Crippen LogP) is 2.66. The van der Waals surface area contributed by atoms with Gasteiger partial charge in [-0.2, -0.15) is 0 Å². The predicted molar refractivity (Wildman–Crippen MR) is 84.2 cm³/mol. The average molecular weight is 297 g/mol. The van der Waals surface area contributed by atoms with E-state index < -0.39 is 0 Å². The molecule has 0 bridgehead atoms. The molecule has 0 aliphatic heterocycles. The normalized spacial score (nSPS) is 11.4. The van der Waals surface area contributed by atoms with Crippen LogP contribution in [0, 0.1) is 0 Å². The Balaban J connectivity index is 2.62. The van der Waals surface area contributed by atoms with Crippen LogP contribution in [0.15, 0.2) is 18.2 Å². The van der Waals surface area contributed by atoms with Gasteiger partial charge in [0.15, 0.2) is 0 Å². The van der Waals surface area contributed by atoms with E-state index in [1.54, 1.807) is 14.2 Å². The van der Waals surface area contributed by atoms with Crippen molar-refractivity contribution in [3.8, 4) is 5.75 Å². The molecular weight excluding hydrogens is 274 g/mol. The van der Waals surface area contributed by atoms with Crippen molar-refractivity contribution in [3.05, 3.63) is 29.3 Å². The first-order valence-corrected chi connectivity index (χ1v) is 6.90. The minimum Gasteiger partial charge on any atom is -0.496 e. The largest absolute Gasteiger partial charge is 0.496 e. The first kappa shape index (κ1) is 16.9. The highest BCUT2D eigenvalue weighted by atomic mass is 32.1. The fraction of sp³-hybridized carbons (Fsp3) is 0.533. The second-order valence-electron chi connectivity index (χ2n) is 5.16. The van der Waals surface area contributed by atoms with Crippen LogP contribution in [0.4, 0.5) is 0 Å². The smallest absolute Gasteiger partial charge is 0.124 e. The minimum absolute atomic E-state index is 0.176. The van der Waals surface area contributed by atoms with Gasteiger partial charge < -0.3 is 19.9 Å². The Labute approximate surface area is 126 Å². The van der Waals surface area contributed by atoms with E-state index in [2.05, 4.69) is 0 Å². The molecule has 0 aliphatic carbocycles. The molecule has 0 saturated heterocycles. The number of rotatable bonds is 8. The molecule has 0 aliphatic rings. The number of methoxy groups -OCH3 is 2. The maximum Gasteiger partial charge on any atom is 0.124 e. The summed E-state index contributed by atoms with van der Waals surface area (Å²) in [4.78, 5) is 0.370. The van der Waals surface area contributed by atoms with Crippen LogP contribution in [0.25, 0.3) is 0 Å². The number of nitrogens with two attached hydrogens (primary N) is 1. The zero-order valence-corrected chi connectivity index (χ0v) is 13.4. The molecule has 20 heavy (non-hydrogen) atoms. The summed E-state index contributed by atoms with van der Waals surface area (Å²) in [6.07, 6.45) is 0.820. The molecule has 0 aromatic heterocycles. The van der Waals surface area contributed by atoms with Crippen LogP contribution in [0.2, 0.25) is 0 Å². The Kier molecular flexibility index (Phi) is 6.39. The molecule has 1 rings (SSSR count). The lowest BCUT2D eigenvalue weighted by Crippen LogP contribution is -2.24. The van der Waals surface area contributed by atoms with E-state index >= 15 is 0 Å².